The molecule has 4 rings (SSSR count). The van der Waals surface area contributed by atoms with Crippen LogP contribution < -0.4 is 0 Å². The molecule has 2 aromatic heterocycles. The maximum absolute atomic E-state index is 13.3. The Morgan fingerprint density at radius 2 is 1.96 bits per heavy atom. The molecule has 0 radical (unpaired) electrons. The number of hydrogen-bond donors (Lipinski definition) is 1. The molecule has 0 bridgehead atoms. The van der Waals surface area contributed by atoms with E-state index in [2.05, 4.69) is 10.1 Å². The fourth-order valence-electron chi connectivity index (χ4n) is 3.90. The van der Waals surface area contributed by atoms with Crippen LogP contribution in [0, 0.1) is 5.92 Å². The van der Waals surface area contributed by atoms with E-state index in [1.54, 1.807) is 0 Å². The monoisotopic (exact) mass is 371 g/mol. The summed E-state index contributed by atoms with van der Waals surface area (Å²) in [7, 11) is 0. The number of carbonyl (C=O) groups is 2. The lowest BCUT2D eigenvalue weighted by molar-refractivity contribution is -0.138. The minimum atomic E-state index is -0.768. The number of pyridine rings is 1. The molecule has 1 aliphatic carbocycles. The number of amides is 1. The second-order valence-electron chi connectivity index (χ2n) is 8.11. The number of carboxylic acid groups (broad SMARTS) is 1. The van der Waals surface area contributed by atoms with Crippen molar-refractivity contribution in [3.05, 3.63) is 23.0 Å². The normalized spacial score (nSPS) is 18.4. The Kier molecular flexibility index (Phi) is 4.61. The molecule has 1 N–H and O–H groups in total. The third-order valence-corrected chi connectivity index (χ3v) is 5.63. The molecule has 0 unspecified atom stereocenters. The van der Waals surface area contributed by atoms with E-state index in [-0.39, 0.29) is 24.2 Å². The highest BCUT2D eigenvalue weighted by Crippen LogP contribution is 2.41. The van der Waals surface area contributed by atoms with Gasteiger partial charge in [0.05, 0.1) is 16.6 Å². The average molecular weight is 371 g/mol. The van der Waals surface area contributed by atoms with Crippen molar-refractivity contribution in [3.8, 4) is 0 Å². The highest BCUT2D eigenvalue weighted by atomic mass is 16.5. The van der Waals surface area contributed by atoms with Crippen LogP contribution in [0.15, 0.2) is 10.6 Å². The van der Waals surface area contributed by atoms with Crippen LogP contribution in [0.4, 0.5) is 0 Å². The Labute approximate surface area is 157 Å². The molecule has 2 fully saturated rings. The number of aromatic nitrogens is 2. The SMILES string of the molecule is CC(C)c1noc2nc(C3CC3)cc(C(=O)N3CCC(CC(=O)O)CC3)c12. The number of nitrogens with zero attached hydrogens (tertiary/aromatic N) is 3. The highest BCUT2D eigenvalue weighted by molar-refractivity contribution is 6.06. The van der Waals surface area contributed by atoms with E-state index in [4.69, 9.17) is 9.63 Å². The summed E-state index contributed by atoms with van der Waals surface area (Å²) in [6, 6.07) is 1.93. The molecular formula is C20H25N3O4. The third-order valence-electron chi connectivity index (χ3n) is 5.63. The zero-order valence-electron chi connectivity index (χ0n) is 15.8. The van der Waals surface area contributed by atoms with Crippen molar-refractivity contribution in [3.63, 3.8) is 0 Å². The molecule has 0 aromatic carbocycles. The summed E-state index contributed by atoms with van der Waals surface area (Å²) in [5, 5.41) is 13.9. The molecule has 1 saturated heterocycles. The van der Waals surface area contributed by atoms with Gasteiger partial charge in [0.15, 0.2) is 0 Å². The first-order valence-corrected chi connectivity index (χ1v) is 9.75. The van der Waals surface area contributed by atoms with Crippen molar-refractivity contribution in [2.24, 2.45) is 5.92 Å². The summed E-state index contributed by atoms with van der Waals surface area (Å²) in [4.78, 5) is 30.7. The van der Waals surface area contributed by atoms with Crippen LogP contribution in [-0.2, 0) is 4.79 Å². The molecule has 144 valence electrons. The number of piperidine rings is 1. The van der Waals surface area contributed by atoms with Gasteiger partial charge in [0, 0.05) is 31.1 Å². The number of carboxylic acids is 1. The van der Waals surface area contributed by atoms with Gasteiger partial charge in [-0.1, -0.05) is 19.0 Å². The molecule has 2 aliphatic rings. The zero-order chi connectivity index (χ0) is 19.1. The van der Waals surface area contributed by atoms with Gasteiger partial charge in [-0.05, 0) is 43.6 Å². The van der Waals surface area contributed by atoms with Gasteiger partial charge >= 0.3 is 5.97 Å². The summed E-state index contributed by atoms with van der Waals surface area (Å²) in [6.45, 7) is 5.22. The van der Waals surface area contributed by atoms with Crippen LogP contribution in [0.1, 0.15) is 79.5 Å². The number of fused-ring (bicyclic) bond motifs is 1. The van der Waals surface area contributed by atoms with Crippen molar-refractivity contribution < 1.29 is 19.2 Å². The number of carbonyl (C=O) groups excluding carboxylic acids is 1. The maximum atomic E-state index is 13.3. The Hall–Kier alpha value is -2.44. The van der Waals surface area contributed by atoms with E-state index >= 15 is 0 Å². The maximum Gasteiger partial charge on any atom is 0.303 e. The van der Waals surface area contributed by atoms with Crippen molar-refractivity contribution in [2.75, 3.05) is 13.1 Å². The predicted octanol–water partition coefficient (Wildman–Crippen LogP) is 3.55. The van der Waals surface area contributed by atoms with Crippen LogP contribution in [-0.4, -0.2) is 45.1 Å². The molecule has 7 nitrogen and oxygen atoms in total. The van der Waals surface area contributed by atoms with Crippen LogP contribution in [0.5, 0.6) is 0 Å². The van der Waals surface area contributed by atoms with Crippen LogP contribution in [0.25, 0.3) is 11.1 Å². The summed E-state index contributed by atoms with van der Waals surface area (Å²) in [5.74, 6) is -0.103. The Balaban J connectivity index is 1.64. The van der Waals surface area contributed by atoms with Gasteiger partial charge < -0.3 is 14.5 Å². The summed E-state index contributed by atoms with van der Waals surface area (Å²) in [5.41, 5.74) is 2.76. The third kappa shape index (κ3) is 3.55. The minimum Gasteiger partial charge on any atom is -0.481 e. The van der Waals surface area contributed by atoms with Gasteiger partial charge in [0.1, 0.15) is 0 Å². The van der Waals surface area contributed by atoms with Crippen LogP contribution in [0.3, 0.4) is 0 Å². The zero-order valence-corrected chi connectivity index (χ0v) is 15.8. The standard InChI is InChI=1S/C20H25N3O4/c1-11(2)18-17-14(10-15(13-3-4-13)21-19(17)27-22-18)20(26)23-7-5-12(6-8-23)9-16(24)25/h10-13H,3-9H2,1-2H3,(H,24,25). The van der Waals surface area contributed by atoms with Gasteiger partial charge in [-0.15, -0.1) is 0 Å². The van der Waals surface area contributed by atoms with Crippen molar-refractivity contribution in [2.45, 2.75) is 57.8 Å². The summed E-state index contributed by atoms with van der Waals surface area (Å²) in [6.07, 6.45) is 3.82. The minimum absolute atomic E-state index is 0.0248. The lowest BCUT2D eigenvalue weighted by Crippen LogP contribution is -2.39. The van der Waals surface area contributed by atoms with Gasteiger partial charge in [-0.3, -0.25) is 9.59 Å². The van der Waals surface area contributed by atoms with E-state index < -0.39 is 5.97 Å². The smallest absolute Gasteiger partial charge is 0.303 e. The molecule has 3 heterocycles. The van der Waals surface area contributed by atoms with Crippen molar-refractivity contribution >= 4 is 23.0 Å². The highest BCUT2D eigenvalue weighted by Gasteiger charge is 2.32. The quantitative estimate of drug-likeness (QED) is 0.863. The van der Waals surface area contributed by atoms with Gasteiger partial charge in [0.2, 0.25) is 0 Å². The molecule has 1 amide bonds. The largest absolute Gasteiger partial charge is 0.481 e. The second-order valence-corrected chi connectivity index (χ2v) is 8.11. The first-order valence-electron chi connectivity index (χ1n) is 9.75. The van der Waals surface area contributed by atoms with E-state index in [9.17, 15) is 9.59 Å². The number of likely N-dealkylation sites (tertiary alicyclic amines) is 1. The van der Waals surface area contributed by atoms with Crippen LogP contribution in [0.2, 0.25) is 0 Å². The van der Waals surface area contributed by atoms with Crippen molar-refractivity contribution in [1.29, 1.82) is 0 Å². The number of aliphatic carboxylic acids is 1. The fraction of sp³-hybridized carbons (Fsp3) is 0.600. The van der Waals surface area contributed by atoms with Gasteiger partial charge in [0.25, 0.3) is 11.6 Å². The Morgan fingerprint density at radius 3 is 2.56 bits per heavy atom. The number of rotatable bonds is 5. The summed E-state index contributed by atoms with van der Waals surface area (Å²) >= 11 is 0. The fourth-order valence-corrected chi connectivity index (χ4v) is 3.90. The van der Waals surface area contributed by atoms with E-state index in [1.807, 2.05) is 24.8 Å². The van der Waals surface area contributed by atoms with Crippen molar-refractivity contribution in [1.82, 2.24) is 15.0 Å². The first-order chi connectivity index (χ1) is 12.9. The molecule has 0 spiro atoms. The Bertz CT molecular complexity index is 877. The van der Waals surface area contributed by atoms with E-state index in [0.29, 0.717) is 30.3 Å². The lowest BCUT2D eigenvalue weighted by atomic mass is 9.93. The first kappa shape index (κ1) is 17.9. The van der Waals surface area contributed by atoms with Gasteiger partial charge in [-0.25, -0.2) is 4.98 Å². The molecule has 27 heavy (non-hydrogen) atoms. The predicted molar refractivity (Wildman–Crippen MR) is 98.7 cm³/mol. The molecule has 2 aromatic rings. The summed E-state index contributed by atoms with van der Waals surface area (Å²) < 4.78 is 5.47. The molecule has 7 heteroatoms. The molecular weight excluding hydrogens is 346 g/mol. The second kappa shape index (κ2) is 6.94. The molecule has 1 aliphatic heterocycles. The van der Waals surface area contributed by atoms with E-state index in [1.165, 1.54) is 0 Å². The lowest BCUT2D eigenvalue weighted by Gasteiger charge is -2.31. The van der Waals surface area contributed by atoms with Gasteiger partial charge in [-0.2, -0.15) is 0 Å². The average Bonchev–Trinajstić information content (AvgIpc) is 3.39. The van der Waals surface area contributed by atoms with E-state index in [0.717, 1.165) is 42.5 Å². The molecule has 1 saturated carbocycles. The number of hydrogen-bond acceptors (Lipinski definition) is 5. The molecule has 0 atom stereocenters. The van der Waals surface area contributed by atoms with Crippen LogP contribution >= 0.6 is 0 Å². The Morgan fingerprint density at radius 1 is 1.26 bits per heavy atom. The topological polar surface area (TPSA) is 96.5 Å².